The smallest absolute Gasteiger partial charge is 0.338 e. The molecule has 6 heteroatoms. The molecule has 1 N–H and O–H groups in total. The highest BCUT2D eigenvalue weighted by atomic mass is 35.5. The van der Waals surface area contributed by atoms with E-state index in [1.54, 1.807) is 24.3 Å². The van der Waals surface area contributed by atoms with Crippen LogP contribution in [0.4, 0.5) is 5.82 Å². The van der Waals surface area contributed by atoms with Crippen LogP contribution in [0.2, 0.25) is 5.02 Å². The average molecular weight is 319 g/mol. The third-order valence-electron chi connectivity index (χ3n) is 2.93. The molecule has 2 rings (SSSR count). The number of amides is 1. The molecule has 1 amide bonds. The fourth-order valence-electron chi connectivity index (χ4n) is 1.72. The number of pyridine rings is 1. The van der Waals surface area contributed by atoms with Crippen LogP contribution in [0.3, 0.4) is 0 Å². The number of anilines is 1. The van der Waals surface area contributed by atoms with Gasteiger partial charge in [-0.05, 0) is 36.2 Å². The Bertz CT molecular complexity index is 654. The Morgan fingerprint density at radius 3 is 2.50 bits per heavy atom. The molecule has 22 heavy (non-hydrogen) atoms. The summed E-state index contributed by atoms with van der Waals surface area (Å²) in [6, 6.07) is 10.2. The Labute approximate surface area is 133 Å². The maximum atomic E-state index is 11.8. The first-order valence-electron chi connectivity index (χ1n) is 6.76. The molecule has 0 saturated heterocycles. The molecule has 0 saturated carbocycles. The van der Waals surface area contributed by atoms with Gasteiger partial charge < -0.3 is 10.1 Å². The van der Waals surface area contributed by atoms with Crippen LogP contribution >= 0.6 is 11.6 Å². The summed E-state index contributed by atoms with van der Waals surface area (Å²) in [6.45, 7) is 1.65. The average Bonchev–Trinajstić information content (AvgIpc) is 2.55. The minimum atomic E-state index is -0.540. The summed E-state index contributed by atoms with van der Waals surface area (Å²) in [5.41, 5.74) is 1.54. The van der Waals surface area contributed by atoms with Crippen LogP contribution in [-0.4, -0.2) is 23.5 Å². The number of aromatic nitrogens is 1. The molecule has 0 aliphatic carbocycles. The molecule has 5 nitrogen and oxygen atoms in total. The van der Waals surface area contributed by atoms with Crippen molar-refractivity contribution in [2.24, 2.45) is 0 Å². The number of nitrogens with zero attached hydrogens (tertiary/aromatic N) is 1. The van der Waals surface area contributed by atoms with E-state index in [4.69, 9.17) is 16.3 Å². The first kappa shape index (κ1) is 16.0. The molecule has 0 aliphatic rings. The van der Waals surface area contributed by atoms with Crippen molar-refractivity contribution in [3.63, 3.8) is 0 Å². The van der Waals surface area contributed by atoms with Gasteiger partial charge in [-0.1, -0.05) is 30.7 Å². The highest BCUT2D eigenvalue weighted by Crippen LogP contribution is 2.10. The Morgan fingerprint density at radius 1 is 1.18 bits per heavy atom. The third-order valence-corrected chi connectivity index (χ3v) is 3.15. The predicted octanol–water partition coefficient (Wildman–Crippen LogP) is 3.09. The Hall–Kier alpha value is -2.40. The molecular formula is C16H15ClN2O3. The van der Waals surface area contributed by atoms with E-state index in [1.807, 2.05) is 19.1 Å². The van der Waals surface area contributed by atoms with E-state index >= 15 is 0 Å². The number of carbonyl (C=O) groups is 2. The van der Waals surface area contributed by atoms with E-state index in [9.17, 15) is 9.59 Å². The Morgan fingerprint density at radius 2 is 1.91 bits per heavy atom. The van der Waals surface area contributed by atoms with Crippen LogP contribution in [0.5, 0.6) is 0 Å². The van der Waals surface area contributed by atoms with Crippen LogP contribution in [0.25, 0.3) is 0 Å². The van der Waals surface area contributed by atoms with Crippen molar-refractivity contribution in [3.05, 3.63) is 58.7 Å². The van der Waals surface area contributed by atoms with Gasteiger partial charge >= 0.3 is 5.97 Å². The van der Waals surface area contributed by atoms with Crippen molar-refractivity contribution in [3.8, 4) is 0 Å². The highest BCUT2D eigenvalue weighted by molar-refractivity contribution is 6.30. The van der Waals surface area contributed by atoms with Gasteiger partial charge in [0.15, 0.2) is 6.61 Å². The molecule has 2 aromatic rings. The SMILES string of the molecule is CCc1ccc(C(=O)OCC(=O)Nc2ccc(Cl)cn2)cc1. The van der Waals surface area contributed by atoms with E-state index in [0.29, 0.717) is 16.4 Å². The molecule has 0 unspecified atom stereocenters. The highest BCUT2D eigenvalue weighted by Gasteiger charge is 2.10. The Balaban J connectivity index is 1.84. The summed E-state index contributed by atoms with van der Waals surface area (Å²) in [4.78, 5) is 27.4. The van der Waals surface area contributed by atoms with E-state index in [0.717, 1.165) is 12.0 Å². The van der Waals surface area contributed by atoms with Crippen LogP contribution < -0.4 is 5.32 Å². The molecule has 0 atom stereocenters. The summed E-state index contributed by atoms with van der Waals surface area (Å²) in [6.07, 6.45) is 2.31. The monoisotopic (exact) mass is 318 g/mol. The van der Waals surface area contributed by atoms with Crippen LogP contribution in [0.1, 0.15) is 22.8 Å². The van der Waals surface area contributed by atoms with Crippen molar-refractivity contribution < 1.29 is 14.3 Å². The fraction of sp³-hybridized carbons (Fsp3) is 0.188. The molecule has 1 aromatic heterocycles. The van der Waals surface area contributed by atoms with Crippen molar-refractivity contribution in [2.75, 3.05) is 11.9 Å². The number of nitrogens with one attached hydrogen (secondary N) is 1. The lowest BCUT2D eigenvalue weighted by Gasteiger charge is -2.06. The molecule has 0 fully saturated rings. The van der Waals surface area contributed by atoms with E-state index < -0.39 is 11.9 Å². The van der Waals surface area contributed by atoms with Gasteiger partial charge in [-0.25, -0.2) is 9.78 Å². The summed E-state index contributed by atoms with van der Waals surface area (Å²) in [5, 5.41) is 2.98. The number of benzene rings is 1. The first-order valence-corrected chi connectivity index (χ1v) is 7.13. The summed E-state index contributed by atoms with van der Waals surface area (Å²) >= 11 is 5.70. The number of ether oxygens (including phenoxy) is 1. The van der Waals surface area contributed by atoms with E-state index in [-0.39, 0.29) is 6.61 Å². The van der Waals surface area contributed by atoms with Gasteiger partial charge in [-0.3, -0.25) is 4.79 Å². The van der Waals surface area contributed by atoms with E-state index in [1.165, 1.54) is 6.20 Å². The quantitative estimate of drug-likeness (QED) is 0.860. The second-order valence-corrected chi connectivity index (χ2v) is 4.97. The van der Waals surface area contributed by atoms with Crippen LogP contribution in [0, 0.1) is 0 Å². The molecule has 0 aliphatic heterocycles. The molecule has 0 bridgehead atoms. The molecule has 1 aromatic carbocycles. The minimum absolute atomic E-state index is 0.345. The number of rotatable bonds is 5. The molecule has 114 valence electrons. The lowest BCUT2D eigenvalue weighted by atomic mass is 10.1. The zero-order chi connectivity index (χ0) is 15.9. The molecular weight excluding hydrogens is 304 g/mol. The number of esters is 1. The standard InChI is InChI=1S/C16H15ClN2O3/c1-2-11-3-5-12(6-4-11)16(21)22-10-15(20)19-14-8-7-13(17)9-18-14/h3-9H,2,10H2,1H3,(H,18,19,20). The normalized spacial score (nSPS) is 10.1. The second kappa shape index (κ2) is 7.56. The summed E-state index contributed by atoms with van der Waals surface area (Å²) in [5.74, 6) is -0.659. The number of hydrogen-bond donors (Lipinski definition) is 1. The van der Waals surface area contributed by atoms with Crippen molar-refractivity contribution >= 4 is 29.3 Å². The molecule has 0 spiro atoms. The van der Waals surface area contributed by atoms with Crippen LogP contribution in [0.15, 0.2) is 42.6 Å². The molecule has 1 heterocycles. The zero-order valence-electron chi connectivity index (χ0n) is 12.0. The zero-order valence-corrected chi connectivity index (χ0v) is 12.8. The van der Waals surface area contributed by atoms with E-state index in [2.05, 4.69) is 10.3 Å². The van der Waals surface area contributed by atoms with Gasteiger partial charge in [-0.15, -0.1) is 0 Å². The number of carbonyl (C=O) groups excluding carboxylic acids is 2. The lowest BCUT2D eigenvalue weighted by molar-refractivity contribution is -0.119. The number of aryl methyl sites for hydroxylation is 1. The van der Waals surface area contributed by atoms with Crippen molar-refractivity contribution in [1.82, 2.24) is 4.98 Å². The van der Waals surface area contributed by atoms with Gasteiger partial charge in [0.2, 0.25) is 0 Å². The van der Waals surface area contributed by atoms with Crippen molar-refractivity contribution in [2.45, 2.75) is 13.3 Å². The topological polar surface area (TPSA) is 68.3 Å². The second-order valence-electron chi connectivity index (χ2n) is 4.54. The van der Waals surface area contributed by atoms with Gasteiger partial charge in [0.05, 0.1) is 10.6 Å². The predicted molar refractivity (Wildman–Crippen MR) is 84.0 cm³/mol. The van der Waals surface area contributed by atoms with Gasteiger partial charge in [-0.2, -0.15) is 0 Å². The van der Waals surface area contributed by atoms with Gasteiger partial charge in [0, 0.05) is 6.20 Å². The largest absolute Gasteiger partial charge is 0.452 e. The van der Waals surface area contributed by atoms with Crippen LogP contribution in [-0.2, 0) is 16.0 Å². The first-order chi connectivity index (χ1) is 10.6. The number of hydrogen-bond acceptors (Lipinski definition) is 4. The maximum Gasteiger partial charge on any atom is 0.338 e. The van der Waals surface area contributed by atoms with Crippen molar-refractivity contribution in [1.29, 1.82) is 0 Å². The number of halogens is 1. The Kier molecular flexibility index (Phi) is 5.49. The minimum Gasteiger partial charge on any atom is -0.452 e. The summed E-state index contributed by atoms with van der Waals surface area (Å²) in [7, 11) is 0. The summed E-state index contributed by atoms with van der Waals surface area (Å²) < 4.78 is 4.95. The third kappa shape index (κ3) is 4.56. The fourth-order valence-corrected chi connectivity index (χ4v) is 1.83. The maximum absolute atomic E-state index is 11.8. The van der Waals surface area contributed by atoms with Gasteiger partial charge in [0.25, 0.3) is 5.91 Å². The lowest BCUT2D eigenvalue weighted by Crippen LogP contribution is -2.21. The molecule has 0 radical (unpaired) electrons. The van der Waals surface area contributed by atoms with Gasteiger partial charge in [0.1, 0.15) is 5.82 Å².